The van der Waals surface area contributed by atoms with Crippen LogP contribution in [0.25, 0.3) is 0 Å². The van der Waals surface area contributed by atoms with Crippen molar-refractivity contribution < 1.29 is 23.4 Å². The molecule has 0 amide bonds. The van der Waals surface area contributed by atoms with Gasteiger partial charge in [-0.05, 0) is 12.1 Å². The SMILES string of the molecule is CC.COc1ccc(F)c(F)c1CC(=O)O. The zero-order valence-electron chi connectivity index (χ0n) is 9.38. The fourth-order valence-corrected chi connectivity index (χ4v) is 1.08. The minimum atomic E-state index is -1.24. The second-order valence-corrected chi connectivity index (χ2v) is 2.61. The summed E-state index contributed by atoms with van der Waals surface area (Å²) in [5.74, 6) is -3.46. The largest absolute Gasteiger partial charge is 0.496 e. The highest BCUT2D eigenvalue weighted by Gasteiger charge is 2.16. The topological polar surface area (TPSA) is 46.5 Å². The first-order chi connectivity index (χ1) is 7.56. The maximum Gasteiger partial charge on any atom is 0.308 e. The van der Waals surface area contributed by atoms with E-state index in [4.69, 9.17) is 9.84 Å². The molecular weight excluding hydrogens is 218 g/mol. The number of rotatable bonds is 3. The zero-order chi connectivity index (χ0) is 12.7. The van der Waals surface area contributed by atoms with Crippen molar-refractivity contribution in [3.63, 3.8) is 0 Å². The van der Waals surface area contributed by atoms with Crippen LogP contribution in [-0.4, -0.2) is 18.2 Å². The molecule has 0 bridgehead atoms. The fourth-order valence-electron chi connectivity index (χ4n) is 1.08. The lowest BCUT2D eigenvalue weighted by Gasteiger charge is -2.07. The molecule has 16 heavy (non-hydrogen) atoms. The van der Waals surface area contributed by atoms with Crippen molar-refractivity contribution >= 4 is 5.97 Å². The smallest absolute Gasteiger partial charge is 0.308 e. The Bertz CT molecular complexity index is 364. The van der Waals surface area contributed by atoms with E-state index in [2.05, 4.69) is 0 Å². The highest BCUT2D eigenvalue weighted by atomic mass is 19.2. The van der Waals surface area contributed by atoms with E-state index in [9.17, 15) is 13.6 Å². The minimum Gasteiger partial charge on any atom is -0.496 e. The van der Waals surface area contributed by atoms with Gasteiger partial charge in [-0.25, -0.2) is 8.78 Å². The fraction of sp³-hybridized carbons (Fsp3) is 0.364. The van der Waals surface area contributed by atoms with Gasteiger partial charge in [0.1, 0.15) is 5.75 Å². The monoisotopic (exact) mass is 232 g/mol. The number of halogens is 2. The first-order valence-corrected chi connectivity index (χ1v) is 4.79. The summed E-state index contributed by atoms with van der Waals surface area (Å²) in [5.41, 5.74) is -0.278. The average molecular weight is 232 g/mol. The zero-order valence-corrected chi connectivity index (χ0v) is 9.38. The lowest BCUT2D eigenvalue weighted by Crippen LogP contribution is -2.06. The number of benzene rings is 1. The standard InChI is InChI=1S/C9H8F2O3.C2H6/c1-14-7-3-2-6(10)9(11)5(7)4-8(12)13;1-2/h2-3H,4H2,1H3,(H,12,13);1-2H3. The molecule has 1 aromatic rings. The summed E-state index contributed by atoms with van der Waals surface area (Å²) in [7, 11) is 1.26. The van der Waals surface area contributed by atoms with E-state index in [1.165, 1.54) is 13.2 Å². The quantitative estimate of drug-likeness (QED) is 0.871. The van der Waals surface area contributed by atoms with Gasteiger partial charge in [0.15, 0.2) is 11.6 Å². The Morgan fingerprint density at radius 3 is 2.38 bits per heavy atom. The Labute approximate surface area is 92.7 Å². The summed E-state index contributed by atoms with van der Waals surface area (Å²) in [4.78, 5) is 10.4. The van der Waals surface area contributed by atoms with E-state index in [1.807, 2.05) is 13.8 Å². The number of hydrogen-bond acceptors (Lipinski definition) is 2. The highest BCUT2D eigenvalue weighted by Crippen LogP contribution is 2.23. The molecule has 0 fully saturated rings. The third-order valence-corrected chi connectivity index (χ3v) is 1.70. The van der Waals surface area contributed by atoms with E-state index in [0.717, 1.165) is 6.07 Å². The van der Waals surface area contributed by atoms with Gasteiger partial charge >= 0.3 is 5.97 Å². The number of carboxylic acids is 1. The second kappa shape index (κ2) is 6.76. The van der Waals surface area contributed by atoms with Crippen LogP contribution in [0.15, 0.2) is 12.1 Å². The van der Waals surface area contributed by atoms with Crippen LogP contribution in [0.4, 0.5) is 8.78 Å². The number of aliphatic carboxylic acids is 1. The Balaban J connectivity index is 0.00000106. The average Bonchev–Trinajstić information content (AvgIpc) is 2.27. The molecule has 3 nitrogen and oxygen atoms in total. The molecule has 0 saturated carbocycles. The van der Waals surface area contributed by atoms with Crippen LogP contribution in [0.2, 0.25) is 0 Å². The summed E-state index contributed by atoms with van der Waals surface area (Å²) in [5, 5.41) is 8.46. The second-order valence-electron chi connectivity index (χ2n) is 2.61. The van der Waals surface area contributed by atoms with Crippen LogP contribution in [0.5, 0.6) is 5.75 Å². The Morgan fingerprint density at radius 1 is 1.38 bits per heavy atom. The summed E-state index contributed by atoms with van der Waals surface area (Å²) in [6.07, 6.45) is -0.604. The lowest BCUT2D eigenvalue weighted by atomic mass is 10.1. The van der Waals surface area contributed by atoms with Gasteiger partial charge in [0.2, 0.25) is 0 Å². The number of carbonyl (C=O) groups is 1. The predicted molar refractivity (Wildman–Crippen MR) is 55.6 cm³/mol. The molecule has 0 radical (unpaired) electrons. The maximum absolute atomic E-state index is 13.1. The molecule has 90 valence electrons. The van der Waals surface area contributed by atoms with Crippen molar-refractivity contribution in [2.45, 2.75) is 20.3 Å². The van der Waals surface area contributed by atoms with E-state index in [1.54, 1.807) is 0 Å². The van der Waals surface area contributed by atoms with Gasteiger partial charge in [-0.3, -0.25) is 4.79 Å². The van der Waals surface area contributed by atoms with Gasteiger partial charge in [-0.15, -0.1) is 0 Å². The van der Waals surface area contributed by atoms with Crippen LogP contribution < -0.4 is 4.74 Å². The number of methoxy groups -OCH3 is 1. The van der Waals surface area contributed by atoms with Crippen molar-refractivity contribution in [1.82, 2.24) is 0 Å². The van der Waals surface area contributed by atoms with Crippen LogP contribution >= 0.6 is 0 Å². The third-order valence-electron chi connectivity index (χ3n) is 1.70. The molecule has 0 unspecified atom stereocenters. The van der Waals surface area contributed by atoms with Crippen molar-refractivity contribution in [3.8, 4) is 5.75 Å². The Morgan fingerprint density at radius 2 is 1.94 bits per heavy atom. The van der Waals surface area contributed by atoms with Crippen molar-refractivity contribution in [3.05, 3.63) is 29.3 Å². The molecule has 0 aliphatic heterocycles. The molecule has 5 heteroatoms. The summed E-state index contributed by atoms with van der Waals surface area (Å²) in [6, 6.07) is 2.08. The van der Waals surface area contributed by atoms with E-state index in [0.29, 0.717) is 0 Å². The summed E-state index contributed by atoms with van der Waals surface area (Å²) >= 11 is 0. The molecule has 0 atom stereocenters. The van der Waals surface area contributed by atoms with Crippen LogP contribution in [-0.2, 0) is 11.2 Å². The highest BCUT2D eigenvalue weighted by molar-refractivity contribution is 5.71. The predicted octanol–water partition coefficient (Wildman–Crippen LogP) is 2.63. The normalized spacial score (nSPS) is 9.06. The van der Waals surface area contributed by atoms with E-state index in [-0.39, 0.29) is 11.3 Å². The van der Waals surface area contributed by atoms with Crippen molar-refractivity contribution in [2.75, 3.05) is 7.11 Å². The van der Waals surface area contributed by atoms with Crippen LogP contribution in [0.3, 0.4) is 0 Å². The molecule has 0 aliphatic rings. The minimum absolute atomic E-state index is 0.0336. The maximum atomic E-state index is 13.1. The van der Waals surface area contributed by atoms with Crippen molar-refractivity contribution in [1.29, 1.82) is 0 Å². The molecule has 1 rings (SSSR count). The molecule has 1 N–H and O–H groups in total. The Kier molecular flexibility index (Phi) is 6.07. The number of ether oxygens (including phenoxy) is 1. The van der Waals surface area contributed by atoms with Crippen LogP contribution in [0.1, 0.15) is 19.4 Å². The van der Waals surface area contributed by atoms with Gasteiger partial charge in [0.05, 0.1) is 13.5 Å². The molecule has 0 spiro atoms. The van der Waals surface area contributed by atoms with Gasteiger partial charge in [0.25, 0.3) is 0 Å². The molecular formula is C11H14F2O3. The van der Waals surface area contributed by atoms with E-state index >= 15 is 0 Å². The third kappa shape index (κ3) is 3.49. The van der Waals surface area contributed by atoms with Gasteiger partial charge in [0, 0.05) is 5.56 Å². The lowest BCUT2D eigenvalue weighted by molar-refractivity contribution is -0.136. The first-order valence-electron chi connectivity index (χ1n) is 4.79. The van der Waals surface area contributed by atoms with Crippen molar-refractivity contribution in [2.24, 2.45) is 0 Å². The van der Waals surface area contributed by atoms with Gasteiger partial charge in [-0.2, -0.15) is 0 Å². The first kappa shape index (κ1) is 14.3. The van der Waals surface area contributed by atoms with Gasteiger partial charge < -0.3 is 9.84 Å². The molecule has 0 heterocycles. The molecule has 1 aromatic carbocycles. The summed E-state index contributed by atoms with van der Waals surface area (Å²) in [6.45, 7) is 4.00. The number of hydrogen-bond donors (Lipinski definition) is 1. The molecule has 0 saturated heterocycles. The summed E-state index contributed by atoms with van der Waals surface area (Å²) < 4.78 is 30.5. The number of carboxylic acid groups (broad SMARTS) is 1. The van der Waals surface area contributed by atoms with Crippen LogP contribution in [0, 0.1) is 11.6 Å². The van der Waals surface area contributed by atoms with E-state index < -0.39 is 24.0 Å². The molecule has 0 aromatic heterocycles. The molecule has 0 aliphatic carbocycles. The van der Waals surface area contributed by atoms with Gasteiger partial charge in [-0.1, -0.05) is 13.8 Å². The Hall–Kier alpha value is -1.65.